The number of fused-ring (bicyclic) bond motifs is 1. The van der Waals surface area contributed by atoms with Crippen molar-refractivity contribution in [3.63, 3.8) is 0 Å². The average molecular weight is 333 g/mol. The molecule has 2 aromatic heterocycles. The minimum atomic E-state index is 0.405. The summed E-state index contributed by atoms with van der Waals surface area (Å²) in [6.07, 6.45) is 0. The van der Waals surface area contributed by atoms with Crippen molar-refractivity contribution in [1.82, 2.24) is 14.5 Å². The predicted octanol–water partition coefficient (Wildman–Crippen LogP) is 3.08. The van der Waals surface area contributed by atoms with Crippen LogP contribution in [0.25, 0.3) is 16.9 Å². The molecule has 3 aromatic rings. The number of nitrogens with zero attached hydrogens (tertiary/aromatic N) is 3. The lowest BCUT2D eigenvalue weighted by molar-refractivity contribution is 0.399. The van der Waals surface area contributed by atoms with Gasteiger partial charge in [0.15, 0.2) is 5.65 Å². The third-order valence-corrected chi connectivity index (χ3v) is 4.00. The molecule has 0 saturated carbocycles. The van der Waals surface area contributed by atoms with E-state index in [0.29, 0.717) is 17.5 Å². The highest BCUT2D eigenvalue weighted by molar-refractivity contribution is 9.10. The van der Waals surface area contributed by atoms with Crippen LogP contribution in [0.2, 0.25) is 0 Å². The van der Waals surface area contributed by atoms with E-state index in [2.05, 4.69) is 25.9 Å². The first-order valence-corrected chi connectivity index (χ1v) is 6.85. The van der Waals surface area contributed by atoms with E-state index in [-0.39, 0.29) is 0 Å². The minimum Gasteiger partial charge on any atom is -0.481 e. The maximum Gasteiger partial charge on any atom is 0.215 e. The summed E-state index contributed by atoms with van der Waals surface area (Å²) in [5.41, 5.74) is 9.49. The van der Waals surface area contributed by atoms with Crippen LogP contribution in [-0.2, 0) is 0 Å². The number of anilines is 1. The molecular formula is C14H13BrN4O. The first kappa shape index (κ1) is 12.9. The molecule has 0 fully saturated rings. The molecule has 0 unspecified atom stereocenters. The van der Waals surface area contributed by atoms with Crippen molar-refractivity contribution >= 4 is 33.0 Å². The lowest BCUT2D eigenvalue weighted by atomic mass is 10.2. The van der Waals surface area contributed by atoms with Gasteiger partial charge in [0.05, 0.1) is 12.8 Å². The van der Waals surface area contributed by atoms with E-state index in [9.17, 15) is 0 Å². The van der Waals surface area contributed by atoms with E-state index in [1.807, 2.05) is 35.8 Å². The predicted molar refractivity (Wildman–Crippen MR) is 82.3 cm³/mol. The maximum absolute atomic E-state index is 6.02. The third-order valence-electron chi connectivity index (χ3n) is 3.11. The Labute approximate surface area is 124 Å². The summed E-state index contributed by atoms with van der Waals surface area (Å²) in [6.45, 7) is 2.02. The van der Waals surface area contributed by atoms with E-state index >= 15 is 0 Å². The molecule has 0 radical (unpaired) electrons. The number of benzene rings is 1. The van der Waals surface area contributed by atoms with Gasteiger partial charge < -0.3 is 10.5 Å². The van der Waals surface area contributed by atoms with Gasteiger partial charge in [0.25, 0.3) is 0 Å². The first-order valence-electron chi connectivity index (χ1n) is 6.05. The summed E-state index contributed by atoms with van der Waals surface area (Å²) < 4.78 is 8.03. The molecule has 0 aliphatic carbocycles. The number of rotatable bonds is 2. The molecule has 0 atom stereocenters. The van der Waals surface area contributed by atoms with Crippen LogP contribution in [0, 0.1) is 6.92 Å². The molecule has 0 aliphatic rings. The topological polar surface area (TPSA) is 66.0 Å². The number of hydrogen-bond acceptors (Lipinski definition) is 4. The molecule has 102 valence electrons. The Morgan fingerprint density at radius 1 is 1.20 bits per heavy atom. The molecule has 2 heterocycles. The summed E-state index contributed by atoms with van der Waals surface area (Å²) in [4.78, 5) is 8.76. The van der Waals surface area contributed by atoms with Crippen LogP contribution in [0.15, 0.2) is 34.8 Å². The normalized spacial score (nSPS) is 10.9. The van der Waals surface area contributed by atoms with Gasteiger partial charge >= 0.3 is 0 Å². The molecule has 3 rings (SSSR count). The Balaban J connectivity index is 2.28. The number of nitrogens with two attached hydrogens (primary N) is 1. The molecule has 0 amide bonds. The van der Waals surface area contributed by atoms with Crippen molar-refractivity contribution in [2.75, 3.05) is 12.8 Å². The zero-order valence-corrected chi connectivity index (χ0v) is 12.7. The Hall–Kier alpha value is -2.08. The number of imidazole rings is 1. The highest BCUT2D eigenvalue weighted by atomic mass is 79.9. The van der Waals surface area contributed by atoms with Crippen LogP contribution in [0.5, 0.6) is 5.88 Å². The van der Waals surface area contributed by atoms with Crippen LogP contribution < -0.4 is 10.5 Å². The molecule has 0 aliphatic heterocycles. The molecule has 0 spiro atoms. The van der Waals surface area contributed by atoms with Gasteiger partial charge in [0, 0.05) is 10.5 Å². The summed E-state index contributed by atoms with van der Waals surface area (Å²) in [7, 11) is 1.59. The van der Waals surface area contributed by atoms with E-state index < -0.39 is 0 Å². The summed E-state index contributed by atoms with van der Waals surface area (Å²) in [5.74, 6) is 0.940. The highest BCUT2D eigenvalue weighted by Gasteiger charge is 2.13. The number of aromatic nitrogens is 3. The Morgan fingerprint density at radius 2 is 2.00 bits per heavy atom. The van der Waals surface area contributed by atoms with Crippen LogP contribution in [0.4, 0.5) is 5.95 Å². The number of nitrogen functional groups attached to an aromatic ring is 1. The fourth-order valence-corrected chi connectivity index (χ4v) is 2.34. The van der Waals surface area contributed by atoms with Crippen LogP contribution in [0.3, 0.4) is 0 Å². The van der Waals surface area contributed by atoms with Gasteiger partial charge in [0.2, 0.25) is 11.8 Å². The summed E-state index contributed by atoms with van der Waals surface area (Å²) in [5, 5.41) is 0. The molecule has 5 nitrogen and oxygen atoms in total. The molecule has 2 N–H and O–H groups in total. The van der Waals surface area contributed by atoms with Gasteiger partial charge in [-0.25, -0.2) is 4.98 Å². The number of hydrogen-bond donors (Lipinski definition) is 1. The largest absolute Gasteiger partial charge is 0.481 e. The van der Waals surface area contributed by atoms with E-state index in [1.54, 1.807) is 13.2 Å². The number of halogens is 1. The lowest BCUT2D eigenvalue weighted by Crippen LogP contribution is -2.02. The quantitative estimate of drug-likeness (QED) is 0.783. The zero-order valence-electron chi connectivity index (χ0n) is 11.1. The Bertz CT molecular complexity index is 797. The van der Waals surface area contributed by atoms with Crippen molar-refractivity contribution in [2.45, 2.75) is 6.92 Å². The smallest absolute Gasteiger partial charge is 0.215 e. The number of pyridine rings is 1. The summed E-state index contributed by atoms with van der Waals surface area (Å²) in [6, 6.07) is 9.60. The lowest BCUT2D eigenvalue weighted by Gasteiger charge is -2.08. The number of ether oxygens (including phenoxy) is 1. The number of methoxy groups -OCH3 is 1. The third kappa shape index (κ3) is 2.02. The van der Waals surface area contributed by atoms with Crippen LogP contribution in [0.1, 0.15) is 5.56 Å². The van der Waals surface area contributed by atoms with Crippen molar-refractivity contribution in [1.29, 1.82) is 0 Å². The second kappa shape index (κ2) is 4.79. The molecule has 0 saturated heterocycles. The Morgan fingerprint density at radius 3 is 2.70 bits per heavy atom. The SMILES string of the molecule is COc1ccc2nc(N)n(-c3ccc(Br)c(C)c3)c2n1. The van der Waals surface area contributed by atoms with Crippen LogP contribution in [-0.4, -0.2) is 21.6 Å². The van der Waals surface area contributed by atoms with Crippen molar-refractivity contribution < 1.29 is 4.74 Å². The minimum absolute atomic E-state index is 0.405. The van der Waals surface area contributed by atoms with Gasteiger partial charge in [-0.05, 0) is 36.8 Å². The maximum atomic E-state index is 6.02. The fraction of sp³-hybridized carbons (Fsp3) is 0.143. The second-order valence-electron chi connectivity index (χ2n) is 4.44. The highest BCUT2D eigenvalue weighted by Crippen LogP contribution is 2.26. The standard InChI is InChI=1S/C14H13BrN4O/c1-8-7-9(3-4-10(8)15)19-13-11(17-14(19)16)5-6-12(18-13)20-2/h3-7H,1-2H3,(H2,16,17). The number of aryl methyl sites for hydroxylation is 1. The molecular weight excluding hydrogens is 320 g/mol. The Kier molecular flexibility index (Phi) is 3.10. The van der Waals surface area contributed by atoms with Gasteiger partial charge in [-0.3, -0.25) is 4.57 Å². The fourth-order valence-electron chi connectivity index (χ4n) is 2.09. The average Bonchev–Trinajstić information content (AvgIpc) is 2.77. The van der Waals surface area contributed by atoms with Crippen LogP contribution >= 0.6 is 15.9 Å². The zero-order chi connectivity index (χ0) is 14.3. The molecule has 1 aromatic carbocycles. The van der Waals surface area contributed by atoms with E-state index in [0.717, 1.165) is 21.2 Å². The first-order chi connectivity index (χ1) is 9.60. The van der Waals surface area contributed by atoms with E-state index in [1.165, 1.54) is 0 Å². The van der Waals surface area contributed by atoms with Crippen molar-refractivity contribution in [2.24, 2.45) is 0 Å². The monoisotopic (exact) mass is 332 g/mol. The van der Waals surface area contributed by atoms with E-state index in [4.69, 9.17) is 10.5 Å². The van der Waals surface area contributed by atoms with Crippen molar-refractivity contribution in [3.05, 3.63) is 40.4 Å². The second-order valence-corrected chi connectivity index (χ2v) is 5.29. The molecule has 6 heteroatoms. The summed E-state index contributed by atoms with van der Waals surface area (Å²) >= 11 is 3.49. The molecule has 0 bridgehead atoms. The van der Waals surface area contributed by atoms with Gasteiger partial charge in [0.1, 0.15) is 5.52 Å². The van der Waals surface area contributed by atoms with Gasteiger partial charge in [-0.2, -0.15) is 4.98 Å². The van der Waals surface area contributed by atoms with Crippen molar-refractivity contribution in [3.8, 4) is 11.6 Å². The molecule has 20 heavy (non-hydrogen) atoms. The van der Waals surface area contributed by atoms with Gasteiger partial charge in [-0.1, -0.05) is 15.9 Å². The van der Waals surface area contributed by atoms with Gasteiger partial charge in [-0.15, -0.1) is 0 Å².